The van der Waals surface area contributed by atoms with Crippen molar-refractivity contribution in [1.82, 2.24) is 45.2 Å². The molecule has 8 aromatic rings. The van der Waals surface area contributed by atoms with E-state index in [-0.39, 0.29) is 30.5 Å². The number of hydrogen-bond acceptors (Lipinski definition) is 12. The molecule has 0 radical (unpaired) electrons. The average Bonchev–Trinajstić information content (AvgIpc) is 4.11. The van der Waals surface area contributed by atoms with Gasteiger partial charge in [0.1, 0.15) is 11.6 Å². The van der Waals surface area contributed by atoms with Gasteiger partial charge in [-0.3, -0.25) is 34.7 Å². The molecule has 3 aliphatic rings. The summed E-state index contributed by atoms with van der Waals surface area (Å²) in [6.45, 7) is 9.15. The monoisotopic (exact) mass is 958 g/mol. The Kier molecular flexibility index (Phi) is 13.4. The average molecular weight is 959 g/mol. The molecule has 0 bridgehead atoms. The molecule has 71 heavy (non-hydrogen) atoms. The van der Waals surface area contributed by atoms with Crippen LogP contribution in [0.3, 0.4) is 0 Å². The topological polar surface area (TPSA) is 203 Å². The maximum absolute atomic E-state index is 13.6. The lowest BCUT2D eigenvalue weighted by molar-refractivity contribution is 0.0115. The molecule has 0 saturated carbocycles. The van der Waals surface area contributed by atoms with Crippen LogP contribution >= 0.6 is 0 Å². The third-order valence-corrected chi connectivity index (χ3v) is 13.7. The molecule has 9 heterocycles. The van der Waals surface area contributed by atoms with Gasteiger partial charge in [-0.1, -0.05) is 26.0 Å². The summed E-state index contributed by atoms with van der Waals surface area (Å²) in [6, 6.07) is 22.9. The first-order valence-corrected chi connectivity index (χ1v) is 24.2. The lowest BCUT2D eigenvalue weighted by atomic mass is 9.99. The van der Waals surface area contributed by atoms with Crippen molar-refractivity contribution in [3.63, 3.8) is 0 Å². The number of nitrogens with two attached hydrogens (primary N) is 1. The van der Waals surface area contributed by atoms with Gasteiger partial charge < -0.3 is 26.2 Å². The highest BCUT2D eigenvalue weighted by Crippen LogP contribution is 2.31. The number of fused-ring (bicyclic) bond motifs is 2. The van der Waals surface area contributed by atoms with Crippen LogP contribution in [0.25, 0.3) is 44.1 Å². The highest BCUT2D eigenvalue weighted by Gasteiger charge is 2.38. The third kappa shape index (κ3) is 11.0. The fraction of sp³-hybridized carbons (Fsp3) is 0.321. The quantitative estimate of drug-likeness (QED) is 0.0870. The lowest BCUT2D eigenvalue weighted by Crippen LogP contribution is -2.33. The number of alkyl halides is 2. The van der Waals surface area contributed by atoms with Gasteiger partial charge in [0.25, 0.3) is 17.7 Å². The maximum atomic E-state index is 13.6. The zero-order valence-electron chi connectivity index (χ0n) is 39.7. The number of likely N-dealkylation sites (tertiary alicyclic amines) is 1. The summed E-state index contributed by atoms with van der Waals surface area (Å²) in [7, 11) is 0. The van der Waals surface area contributed by atoms with Crippen molar-refractivity contribution in [2.24, 2.45) is 11.8 Å². The van der Waals surface area contributed by atoms with Gasteiger partial charge in [-0.05, 0) is 115 Å². The summed E-state index contributed by atoms with van der Waals surface area (Å²) < 4.78 is 27.2. The van der Waals surface area contributed by atoms with Crippen molar-refractivity contribution in [2.45, 2.75) is 58.4 Å². The summed E-state index contributed by atoms with van der Waals surface area (Å²) in [4.78, 5) is 50.0. The van der Waals surface area contributed by atoms with Crippen molar-refractivity contribution in [3.05, 3.63) is 127 Å². The molecule has 0 unspecified atom stereocenters. The molecule has 6 aromatic heterocycles. The molecule has 0 atom stereocenters. The van der Waals surface area contributed by atoms with Crippen LogP contribution in [0.1, 0.15) is 72.5 Å². The number of nitrogen functional groups attached to an aromatic ring is 1. The number of rotatable bonds is 10. The molecule has 3 saturated heterocycles. The first kappa shape index (κ1) is 46.8. The predicted molar refractivity (Wildman–Crippen MR) is 274 cm³/mol. The normalized spacial score (nSPS) is 16.5. The molecule has 3 aliphatic heterocycles. The minimum atomic E-state index is -2.63. The Morgan fingerprint density at radius 1 is 0.634 bits per heavy atom. The smallest absolute Gasteiger partial charge is 0.276 e. The number of piperidine rings is 2. The van der Waals surface area contributed by atoms with Gasteiger partial charge >= 0.3 is 0 Å². The Morgan fingerprint density at radius 2 is 1.14 bits per heavy atom. The highest BCUT2D eigenvalue weighted by atomic mass is 19.3. The molecule has 2 aromatic carbocycles. The van der Waals surface area contributed by atoms with E-state index in [1.54, 1.807) is 42.1 Å². The SMILES string of the molecule is CC1CCN(c2ccc(NC(=O)c3n[nH]c4ccc(-c5cncc(CN6CCC(F)(F)C6)c5)cc34)cn2)CC1.CC1CCN(c2ccc(NC(=O)c3n[nH]c4ccc(-c5cncc(N)c5)cc34)cn2)CC1. The molecule has 6 N–H and O–H groups in total. The standard InChI is InChI=1S/C29H31F2N7O.C24H25N7O/c1-19-6-9-38(10-7-19)26-5-3-23(16-33-26)34-28(39)27-24-13-21(2-4-25(24)35-36-27)22-12-20(14-32-15-22)17-37-11-8-29(30,31)18-37;1-15-6-8-31(9-7-15)22-5-3-19(14-27-22)28-24(32)23-20-11-16(2-4-21(20)29-30-23)17-10-18(25)13-26-12-17/h2-5,12-16,19H,6-11,17-18H2,1H3,(H,34,39)(H,35,36);2-5,10-15H,6-9,25H2,1H3,(H,28,32)(H,29,30). The van der Waals surface area contributed by atoms with Crippen LogP contribution in [0, 0.1) is 11.8 Å². The largest absolute Gasteiger partial charge is 0.397 e. The van der Waals surface area contributed by atoms with Gasteiger partial charge in [-0.15, -0.1) is 0 Å². The Bertz CT molecular complexity index is 3160. The van der Waals surface area contributed by atoms with Gasteiger partial charge in [0, 0.05) is 92.4 Å². The molecule has 16 nitrogen and oxygen atoms in total. The molecular formula is C53H56F2N14O2. The van der Waals surface area contributed by atoms with Gasteiger partial charge in [-0.2, -0.15) is 10.2 Å². The predicted octanol–water partition coefficient (Wildman–Crippen LogP) is 9.44. The summed E-state index contributed by atoms with van der Waals surface area (Å²) in [5.74, 6) is 0.129. The zero-order chi connectivity index (χ0) is 49.1. The number of benzene rings is 2. The van der Waals surface area contributed by atoms with E-state index in [1.807, 2.05) is 72.8 Å². The van der Waals surface area contributed by atoms with E-state index in [0.29, 0.717) is 41.2 Å². The van der Waals surface area contributed by atoms with Crippen molar-refractivity contribution >= 4 is 62.3 Å². The number of carbonyl (C=O) groups excluding carboxylic acids is 2. The first-order valence-electron chi connectivity index (χ1n) is 24.2. The lowest BCUT2D eigenvalue weighted by Gasteiger charge is -2.31. The second kappa shape index (κ2) is 20.2. The number of amides is 2. The molecule has 2 amide bonds. The van der Waals surface area contributed by atoms with E-state index in [0.717, 1.165) is 107 Å². The van der Waals surface area contributed by atoms with E-state index in [2.05, 4.69) is 74.6 Å². The molecule has 18 heteroatoms. The van der Waals surface area contributed by atoms with Crippen molar-refractivity contribution in [3.8, 4) is 22.3 Å². The van der Waals surface area contributed by atoms with Crippen LogP contribution in [0.5, 0.6) is 0 Å². The van der Waals surface area contributed by atoms with Gasteiger partial charge in [0.15, 0.2) is 11.4 Å². The number of pyridine rings is 4. The van der Waals surface area contributed by atoms with Crippen LogP contribution in [0.2, 0.25) is 0 Å². The number of nitrogens with zero attached hydrogens (tertiary/aromatic N) is 9. The van der Waals surface area contributed by atoms with Crippen LogP contribution in [-0.2, 0) is 6.54 Å². The van der Waals surface area contributed by atoms with Crippen molar-refractivity contribution < 1.29 is 18.4 Å². The number of carbonyl (C=O) groups is 2. The minimum absolute atomic E-state index is 0.111. The minimum Gasteiger partial charge on any atom is -0.397 e. The first-order chi connectivity index (χ1) is 34.4. The number of aromatic nitrogens is 8. The Morgan fingerprint density at radius 3 is 1.61 bits per heavy atom. The van der Waals surface area contributed by atoms with E-state index >= 15 is 0 Å². The van der Waals surface area contributed by atoms with Gasteiger partial charge in [-0.25, -0.2) is 18.7 Å². The number of H-pyrrole nitrogens is 2. The van der Waals surface area contributed by atoms with Crippen LogP contribution in [0.4, 0.5) is 37.5 Å². The number of nitrogens with one attached hydrogen (secondary N) is 4. The van der Waals surface area contributed by atoms with E-state index in [1.165, 1.54) is 12.8 Å². The Hall–Kier alpha value is -7.86. The number of aromatic amines is 2. The Balaban J connectivity index is 0.000000167. The maximum Gasteiger partial charge on any atom is 0.276 e. The van der Waals surface area contributed by atoms with E-state index in [9.17, 15) is 18.4 Å². The zero-order valence-corrected chi connectivity index (χ0v) is 39.7. The summed E-state index contributed by atoms with van der Waals surface area (Å²) >= 11 is 0. The molecule has 0 spiro atoms. The van der Waals surface area contributed by atoms with Crippen LogP contribution in [-0.4, -0.2) is 102 Å². The second-order valence-electron chi connectivity index (χ2n) is 19.1. The summed E-state index contributed by atoms with van der Waals surface area (Å²) in [5, 5.41) is 21.6. The van der Waals surface area contributed by atoms with Gasteiger partial charge in [0.05, 0.1) is 47.0 Å². The number of anilines is 5. The fourth-order valence-electron chi connectivity index (χ4n) is 9.43. The molecule has 11 rings (SSSR count). The molecule has 3 fully saturated rings. The van der Waals surface area contributed by atoms with Crippen LogP contribution in [0.15, 0.2) is 110 Å². The fourth-order valence-corrected chi connectivity index (χ4v) is 9.43. The number of halogens is 2. The summed E-state index contributed by atoms with van der Waals surface area (Å²) in [5.41, 5.74) is 14.2. The summed E-state index contributed by atoms with van der Waals surface area (Å²) in [6.07, 6.45) is 14.7. The second-order valence-corrected chi connectivity index (χ2v) is 19.1. The Labute approximate surface area is 409 Å². The number of hydrogen-bond donors (Lipinski definition) is 5. The van der Waals surface area contributed by atoms with Crippen molar-refractivity contribution in [1.29, 1.82) is 0 Å². The van der Waals surface area contributed by atoms with Crippen molar-refractivity contribution in [2.75, 3.05) is 65.4 Å². The van der Waals surface area contributed by atoms with E-state index in [4.69, 9.17) is 5.73 Å². The van der Waals surface area contributed by atoms with E-state index < -0.39 is 5.92 Å². The molecule has 364 valence electrons. The highest BCUT2D eigenvalue weighted by molar-refractivity contribution is 6.12. The van der Waals surface area contributed by atoms with Crippen LogP contribution < -0.4 is 26.2 Å². The van der Waals surface area contributed by atoms with Gasteiger partial charge in [0.2, 0.25) is 0 Å². The molecule has 0 aliphatic carbocycles. The molecular weight excluding hydrogens is 903 g/mol. The third-order valence-electron chi connectivity index (χ3n) is 13.7.